The van der Waals surface area contributed by atoms with Crippen LogP contribution >= 0.6 is 0 Å². The number of likely N-dealkylation sites (tertiary alicyclic amines) is 1. The minimum absolute atomic E-state index is 0.142. The number of hydrogen-bond donors (Lipinski definition) is 1. The Hall–Kier alpha value is -2.43. The Morgan fingerprint density at radius 3 is 2.95 bits per heavy atom. The molecule has 1 fully saturated rings. The molecule has 1 saturated heterocycles. The molecule has 1 aliphatic heterocycles. The van der Waals surface area contributed by atoms with Crippen LogP contribution in [0.5, 0.6) is 0 Å². The zero-order valence-corrected chi connectivity index (χ0v) is 11.0. The van der Waals surface area contributed by atoms with E-state index in [9.17, 15) is 9.59 Å². The van der Waals surface area contributed by atoms with E-state index in [-0.39, 0.29) is 5.91 Å². The van der Waals surface area contributed by atoms with Gasteiger partial charge in [0.05, 0.1) is 5.52 Å². The molecule has 5 nitrogen and oxygen atoms in total. The highest BCUT2D eigenvalue weighted by molar-refractivity contribution is 6.00. The lowest BCUT2D eigenvalue weighted by atomic mass is 10.1. The van der Waals surface area contributed by atoms with Crippen LogP contribution in [0.4, 0.5) is 0 Å². The molecule has 0 spiro atoms. The first kappa shape index (κ1) is 12.6. The lowest BCUT2D eigenvalue weighted by molar-refractivity contribution is -0.121. The second-order valence-corrected chi connectivity index (χ2v) is 4.97. The van der Waals surface area contributed by atoms with E-state index in [2.05, 4.69) is 4.98 Å². The molecule has 0 unspecified atom stereocenters. The van der Waals surface area contributed by atoms with Gasteiger partial charge in [-0.3, -0.25) is 14.6 Å². The monoisotopic (exact) mass is 269 g/mol. The average Bonchev–Trinajstić information content (AvgIpc) is 2.95. The van der Waals surface area contributed by atoms with Crippen LogP contribution in [0.3, 0.4) is 0 Å². The first-order valence-corrected chi connectivity index (χ1v) is 6.62. The maximum Gasteiger partial charge on any atom is 0.254 e. The van der Waals surface area contributed by atoms with E-state index in [1.54, 1.807) is 23.2 Å². The Kier molecular flexibility index (Phi) is 3.10. The lowest BCUT2D eigenvalue weighted by Gasteiger charge is -2.22. The summed E-state index contributed by atoms with van der Waals surface area (Å²) in [6.07, 6.45) is 3.18. The van der Waals surface area contributed by atoms with Gasteiger partial charge in [-0.2, -0.15) is 0 Å². The molecule has 5 heteroatoms. The van der Waals surface area contributed by atoms with Crippen molar-refractivity contribution in [3.05, 3.63) is 42.1 Å². The van der Waals surface area contributed by atoms with Gasteiger partial charge in [-0.15, -0.1) is 0 Å². The molecular formula is C15H15N3O2. The second kappa shape index (κ2) is 4.92. The fourth-order valence-corrected chi connectivity index (χ4v) is 2.68. The topological polar surface area (TPSA) is 76.3 Å². The number of carbonyl (C=O) groups is 2. The molecule has 20 heavy (non-hydrogen) atoms. The van der Waals surface area contributed by atoms with E-state index in [1.807, 2.05) is 18.2 Å². The summed E-state index contributed by atoms with van der Waals surface area (Å²) in [6.45, 7) is 0.581. The Morgan fingerprint density at radius 2 is 2.15 bits per heavy atom. The third-order valence-electron chi connectivity index (χ3n) is 3.69. The number of nitrogens with zero attached hydrogens (tertiary/aromatic N) is 2. The fraction of sp³-hybridized carbons (Fsp3) is 0.267. The molecule has 2 N–H and O–H groups in total. The number of carbonyl (C=O) groups excluding carboxylic acids is 2. The highest BCUT2D eigenvalue weighted by Crippen LogP contribution is 2.21. The summed E-state index contributed by atoms with van der Waals surface area (Å²) in [6, 6.07) is 8.63. The van der Waals surface area contributed by atoms with Crippen LogP contribution in [-0.4, -0.2) is 34.3 Å². The predicted molar refractivity (Wildman–Crippen MR) is 75.0 cm³/mol. The van der Waals surface area contributed by atoms with Crippen molar-refractivity contribution in [2.75, 3.05) is 6.54 Å². The van der Waals surface area contributed by atoms with E-state index < -0.39 is 11.9 Å². The number of aromatic nitrogens is 1. The summed E-state index contributed by atoms with van der Waals surface area (Å²) in [5, 5.41) is 0.910. The summed E-state index contributed by atoms with van der Waals surface area (Å²) >= 11 is 0. The van der Waals surface area contributed by atoms with Crippen molar-refractivity contribution >= 4 is 22.7 Å². The van der Waals surface area contributed by atoms with Gasteiger partial charge in [0.15, 0.2) is 0 Å². The van der Waals surface area contributed by atoms with Gasteiger partial charge in [0.2, 0.25) is 5.91 Å². The normalized spacial score (nSPS) is 18.4. The van der Waals surface area contributed by atoms with Crippen LogP contribution < -0.4 is 5.73 Å². The quantitative estimate of drug-likeness (QED) is 0.893. The van der Waals surface area contributed by atoms with E-state index in [0.717, 1.165) is 17.3 Å². The highest BCUT2D eigenvalue weighted by Gasteiger charge is 2.33. The first-order chi connectivity index (χ1) is 9.66. The minimum atomic E-state index is -0.480. The van der Waals surface area contributed by atoms with Gasteiger partial charge in [-0.05, 0) is 37.1 Å². The zero-order valence-electron chi connectivity index (χ0n) is 11.0. The first-order valence-electron chi connectivity index (χ1n) is 6.62. The Balaban J connectivity index is 1.94. The molecule has 1 aliphatic rings. The van der Waals surface area contributed by atoms with Gasteiger partial charge in [0.1, 0.15) is 6.04 Å². The third-order valence-corrected chi connectivity index (χ3v) is 3.69. The van der Waals surface area contributed by atoms with Gasteiger partial charge in [0.25, 0.3) is 5.91 Å². The number of primary amides is 1. The van der Waals surface area contributed by atoms with Crippen molar-refractivity contribution in [1.82, 2.24) is 9.88 Å². The summed E-state index contributed by atoms with van der Waals surface area (Å²) in [5.74, 6) is -0.574. The molecule has 2 aromatic rings. The third kappa shape index (κ3) is 2.11. The molecule has 0 radical (unpaired) electrons. The van der Waals surface area contributed by atoms with Gasteiger partial charge in [-0.1, -0.05) is 6.07 Å². The van der Waals surface area contributed by atoms with Gasteiger partial charge < -0.3 is 10.6 Å². The molecule has 102 valence electrons. The molecule has 3 rings (SSSR count). The standard InChI is InChI=1S/C15H15N3O2/c16-14(19)13-4-2-8-18(13)15(20)11-5-6-12-10(9-11)3-1-7-17-12/h1,3,5-7,9,13H,2,4,8H2,(H2,16,19)/t13-/m0/s1. The van der Waals surface area contributed by atoms with Gasteiger partial charge in [0, 0.05) is 23.7 Å². The summed E-state index contributed by atoms with van der Waals surface area (Å²) < 4.78 is 0. The average molecular weight is 269 g/mol. The van der Waals surface area contributed by atoms with Crippen molar-refractivity contribution < 1.29 is 9.59 Å². The summed E-state index contributed by atoms with van der Waals surface area (Å²) in [7, 11) is 0. The van der Waals surface area contributed by atoms with Crippen LogP contribution in [-0.2, 0) is 4.79 Å². The SMILES string of the molecule is NC(=O)[C@@H]1CCCN1C(=O)c1ccc2ncccc2c1. The Labute approximate surface area is 116 Å². The molecule has 1 aromatic carbocycles. The molecule has 2 heterocycles. The van der Waals surface area contributed by atoms with Crippen LogP contribution in [0.1, 0.15) is 23.2 Å². The Morgan fingerprint density at radius 1 is 1.30 bits per heavy atom. The van der Waals surface area contributed by atoms with Crippen molar-refractivity contribution in [2.24, 2.45) is 5.73 Å². The van der Waals surface area contributed by atoms with Crippen LogP contribution in [0, 0.1) is 0 Å². The second-order valence-electron chi connectivity index (χ2n) is 4.97. The maximum absolute atomic E-state index is 12.5. The number of benzene rings is 1. The molecule has 1 aromatic heterocycles. The molecular weight excluding hydrogens is 254 g/mol. The smallest absolute Gasteiger partial charge is 0.254 e. The van der Waals surface area contributed by atoms with Crippen molar-refractivity contribution in [3.63, 3.8) is 0 Å². The molecule has 0 aliphatic carbocycles. The fourth-order valence-electron chi connectivity index (χ4n) is 2.68. The van der Waals surface area contributed by atoms with E-state index in [4.69, 9.17) is 5.73 Å². The lowest BCUT2D eigenvalue weighted by Crippen LogP contribution is -2.43. The summed E-state index contributed by atoms with van der Waals surface area (Å²) in [4.78, 5) is 29.7. The highest BCUT2D eigenvalue weighted by atomic mass is 16.2. The molecule has 2 amide bonds. The predicted octanol–water partition coefficient (Wildman–Crippen LogP) is 1.32. The number of amides is 2. The van der Waals surface area contributed by atoms with Crippen LogP contribution in [0.25, 0.3) is 10.9 Å². The van der Waals surface area contributed by atoms with Crippen LogP contribution in [0.15, 0.2) is 36.5 Å². The minimum Gasteiger partial charge on any atom is -0.368 e. The van der Waals surface area contributed by atoms with Gasteiger partial charge in [-0.25, -0.2) is 0 Å². The maximum atomic E-state index is 12.5. The van der Waals surface area contributed by atoms with E-state index in [1.165, 1.54) is 0 Å². The molecule has 0 bridgehead atoms. The van der Waals surface area contributed by atoms with Crippen molar-refractivity contribution in [2.45, 2.75) is 18.9 Å². The molecule has 1 atom stereocenters. The van der Waals surface area contributed by atoms with Crippen molar-refractivity contribution in [1.29, 1.82) is 0 Å². The van der Waals surface area contributed by atoms with Gasteiger partial charge >= 0.3 is 0 Å². The number of rotatable bonds is 2. The summed E-state index contributed by atoms with van der Waals surface area (Å²) in [5.41, 5.74) is 6.76. The van der Waals surface area contributed by atoms with Crippen molar-refractivity contribution in [3.8, 4) is 0 Å². The zero-order chi connectivity index (χ0) is 14.1. The number of pyridine rings is 1. The number of fused-ring (bicyclic) bond motifs is 1. The number of nitrogens with two attached hydrogens (primary N) is 1. The largest absolute Gasteiger partial charge is 0.368 e. The molecule has 0 saturated carbocycles. The number of hydrogen-bond acceptors (Lipinski definition) is 3. The Bertz CT molecular complexity index is 684. The van der Waals surface area contributed by atoms with E-state index in [0.29, 0.717) is 18.5 Å². The van der Waals surface area contributed by atoms with E-state index >= 15 is 0 Å². The van der Waals surface area contributed by atoms with Crippen LogP contribution in [0.2, 0.25) is 0 Å².